The molecule has 0 saturated carbocycles. The Morgan fingerprint density at radius 2 is 1.73 bits per heavy atom. The summed E-state index contributed by atoms with van der Waals surface area (Å²) in [5.74, 6) is 1.95. The molecule has 6 heteroatoms. The van der Waals surface area contributed by atoms with Gasteiger partial charge in [-0.2, -0.15) is 10.1 Å². The van der Waals surface area contributed by atoms with Crippen LogP contribution in [0.2, 0.25) is 0 Å². The highest BCUT2D eigenvalue weighted by molar-refractivity contribution is 5.57. The molecule has 0 amide bonds. The molecule has 0 aliphatic heterocycles. The summed E-state index contributed by atoms with van der Waals surface area (Å²) in [6.45, 7) is 6.72. The number of ether oxygens (including phenoxy) is 1. The Bertz CT molecular complexity index is 832. The Kier molecular flexibility index (Phi) is 5.63. The van der Waals surface area contributed by atoms with Crippen molar-refractivity contribution in [2.24, 2.45) is 0 Å². The molecule has 134 valence electrons. The third-order valence-electron chi connectivity index (χ3n) is 3.63. The third kappa shape index (κ3) is 5.17. The fraction of sp³-hybridized carbons (Fsp3) is 0.250. The van der Waals surface area contributed by atoms with E-state index in [0.29, 0.717) is 18.3 Å². The van der Waals surface area contributed by atoms with Gasteiger partial charge in [-0.25, -0.2) is 0 Å². The number of aromatic nitrogens is 3. The maximum Gasteiger partial charge on any atom is 0.244 e. The van der Waals surface area contributed by atoms with Gasteiger partial charge in [-0.05, 0) is 50.6 Å². The fourth-order valence-electron chi connectivity index (χ4n) is 2.36. The Labute approximate surface area is 153 Å². The first-order valence-corrected chi connectivity index (χ1v) is 8.61. The number of rotatable bonds is 7. The summed E-state index contributed by atoms with van der Waals surface area (Å²) in [7, 11) is 0. The molecule has 0 aliphatic rings. The fourth-order valence-corrected chi connectivity index (χ4v) is 2.36. The molecule has 2 N–H and O–H groups in total. The Morgan fingerprint density at radius 3 is 2.42 bits per heavy atom. The quantitative estimate of drug-likeness (QED) is 0.662. The van der Waals surface area contributed by atoms with Crippen molar-refractivity contribution >= 4 is 17.5 Å². The van der Waals surface area contributed by atoms with E-state index in [2.05, 4.69) is 57.0 Å². The minimum atomic E-state index is 0.155. The van der Waals surface area contributed by atoms with E-state index in [1.54, 1.807) is 6.20 Å². The van der Waals surface area contributed by atoms with Gasteiger partial charge in [0.25, 0.3) is 0 Å². The van der Waals surface area contributed by atoms with Crippen LogP contribution in [0.25, 0.3) is 0 Å². The van der Waals surface area contributed by atoms with Crippen LogP contribution in [0.15, 0.2) is 54.7 Å². The van der Waals surface area contributed by atoms with Crippen LogP contribution in [-0.2, 0) is 6.54 Å². The molecule has 3 rings (SSSR count). The van der Waals surface area contributed by atoms with Crippen LogP contribution in [0.1, 0.15) is 25.0 Å². The van der Waals surface area contributed by atoms with Gasteiger partial charge in [0.1, 0.15) is 5.75 Å². The van der Waals surface area contributed by atoms with Crippen molar-refractivity contribution in [3.05, 3.63) is 65.9 Å². The van der Waals surface area contributed by atoms with Crippen molar-refractivity contribution < 1.29 is 4.74 Å². The van der Waals surface area contributed by atoms with E-state index in [1.807, 2.05) is 38.1 Å². The van der Waals surface area contributed by atoms with Gasteiger partial charge in [0.05, 0.1) is 12.3 Å². The van der Waals surface area contributed by atoms with E-state index < -0.39 is 0 Å². The Hall–Kier alpha value is -3.15. The van der Waals surface area contributed by atoms with Gasteiger partial charge < -0.3 is 15.4 Å². The Balaban J connectivity index is 1.60. The summed E-state index contributed by atoms with van der Waals surface area (Å²) in [6.07, 6.45) is 1.75. The molecule has 6 nitrogen and oxygen atoms in total. The maximum atomic E-state index is 5.64. The van der Waals surface area contributed by atoms with E-state index in [-0.39, 0.29) is 6.10 Å². The number of hydrogen-bond acceptors (Lipinski definition) is 6. The first-order valence-electron chi connectivity index (χ1n) is 8.61. The molecular weight excluding hydrogens is 326 g/mol. The molecule has 3 aromatic rings. The van der Waals surface area contributed by atoms with E-state index in [1.165, 1.54) is 11.1 Å². The molecule has 26 heavy (non-hydrogen) atoms. The molecule has 0 unspecified atom stereocenters. The molecular formula is C20H23N5O. The molecule has 1 aromatic heterocycles. The van der Waals surface area contributed by atoms with Crippen molar-refractivity contribution in [3.8, 4) is 5.75 Å². The second kappa shape index (κ2) is 8.29. The highest BCUT2D eigenvalue weighted by Gasteiger charge is 2.03. The smallest absolute Gasteiger partial charge is 0.244 e. The highest BCUT2D eigenvalue weighted by atomic mass is 16.5. The average Bonchev–Trinajstić information content (AvgIpc) is 2.63. The number of benzene rings is 2. The van der Waals surface area contributed by atoms with Gasteiger partial charge in [0.15, 0.2) is 5.82 Å². The summed E-state index contributed by atoms with van der Waals surface area (Å²) < 4.78 is 5.64. The van der Waals surface area contributed by atoms with Gasteiger partial charge >= 0.3 is 0 Å². The summed E-state index contributed by atoms with van der Waals surface area (Å²) in [5, 5.41) is 14.4. The first kappa shape index (κ1) is 17.7. The van der Waals surface area contributed by atoms with Crippen LogP contribution in [0.4, 0.5) is 17.5 Å². The largest absolute Gasteiger partial charge is 0.491 e. The van der Waals surface area contributed by atoms with E-state index in [0.717, 1.165) is 11.4 Å². The first-order chi connectivity index (χ1) is 12.6. The molecule has 0 bridgehead atoms. The second-order valence-electron chi connectivity index (χ2n) is 6.32. The number of aryl methyl sites for hydroxylation is 1. The minimum absolute atomic E-state index is 0.155. The predicted octanol–water partition coefficient (Wildman–Crippen LogP) is 4.32. The molecule has 0 fully saturated rings. The van der Waals surface area contributed by atoms with Gasteiger partial charge in [-0.1, -0.05) is 29.8 Å². The summed E-state index contributed by atoms with van der Waals surface area (Å²) in [5.41, 5.74) is 3.31. The van der Waals surface area contributed by atoms with Gasteiger partial charge in [0, 0.05) is 12.2 Å². The summed E-state index contributed by atoms with van der Waals surface area (Å²) in [4.78, 5) is 4.44. The van der Waals surface area contributed by atoms with Crippen LogP contribution in [0, 0.1) is 6.92 Å². The third-order valence-corrected chi connectivity index (χ3v) is 3.63. The maximum absolute atomic E-state index is 5.64. The van der Waals surface area contributed by atoms with Crippen LogP contribution >= 0.6 is 0 Å². The van der Waals surface area contributed by atoms with E-state index in [4.69, 9.17) is 4.74 Å². The van der Waals surface area contributed by atoms with Gasteiger partial charge in [-0.3, -0.25) is 0 Å². The van der Waals surface area contributed by atoms with Crippen LogP contribution < -0.4 is 15.4 Å². The number of anilines is 3. The lowest BCUT2D eigenvalue weighted by Crippen LogP contribution is -2.06. The predicted molar refractivity (Wildman–Crippen MR) is 104 cm³/mol. The van der Waals surface area contributed by atoms with Crippen molar-refractivity contribution in [2.45, 2.75) is 33.4 Å². The monoisotopic (exact) mass is 349 g/mol. The zero-order valence-electron chi connectivity index (χ0n) is 15.2. The van der Waals surface area contributed by atoms with Crippen molar-refractivity contribution in [3.63, 3.8) is 0 Å². The number of nitrogens with zero attached hydrogens (tertiary/aromatic N) is 3. The van der Waals surface area contributed by atoms with Gasteiger partial charge in [-0.15, -0.1) is 5.10 Å². The molecule has 1 heterocycles. The number of nitrogens with one attached hydrogen (secondary N) is 2. The zero-order chi connectivity index (χ0) is 18.4. The minimum Gasteiger partial charge on any atom is -0.491 e. The van der Waals surface area contributed by atoms with Crippen molar-refractivity contribution in [1.29, 1.82) is 0 Å². The Morgan fingerprint density at radius 1 is 1.00 bits per heavy atom. The SMILES string of the molecule is Cc1ccc(CNc2nncc(Nc3ccc(OC(C)C)cc3)n2)cc1. The zero-order valence-corrected chi connectivity index (χ0v) is 15.2. The molecule has 0 radical (unpaired) electrons. The second-order valence-corrected chi connectivity index (χ2v) is 6.32. The summed E-state index contributed by atoms with van der Waals surface area (Å²) >= 11 is 0. The normalized spacial score (nSPS) is 10.6. The number of hydrogen-bond donors (Lipinski definition) is 2. The molecule has 0 saturated heterocycles. The molecule has 0 aliphatic carbocycles. The lowest BCUT2D eigenvalue weighted by atomic mass is 10.1. The van der Waals surface area contributed by atoms with Gasteiger partial charge in [0.2, 0.25) is 5.95 Å². The topological polar surface area (TPSA) is 72.0 Å². The molecule has 0 spiro atoms. The molecule has 0 atom stereocenters. The van der Waals surface area contributed by atoms with Crippen molar-refractivity contribution in [2.75, 3.05) is 10.6 Å². The summed E-state index contributed by atoms with van der Waals surface area (Å²) in [6, 6.07) is 16.1. The van der Waals surface area contributed by atoms with Crippen LogP contribution in [-0.4, -0.2) is 21.3 Å². The average molecular weight is 349 g/mol. The lowest BCUT2D eigenvalue weighted by Gasteiger charge is -2.11. The lowest BCUT2D eigenvalue weighted by molar-refractivity contribution is 0.242. The molecule has 2 aromatic carbocycles. The van der Waals surface area contributed by atoms with Crippen LogP contribution in [0.3, 0.4) is 0 Å². The standard InChI is InChI=1S/C20H23N5O/c1-14(2)26-18-10-8-17(9-11-18)23-19-13-22-25-20(24-19)21-12-16-6-4-15(3)5-7-16/h4-11,13-14H,12H2,1-3H3,(H2,21,23,24,25). The van der Waals surface area contributed by atoms with Crippen molar-refractivity contribution in [1.82, 2.24) is 15.2 Å². The highest BCUT2D eigenvalue weighted by Crippen LogP contribution is 2.20. The van der Waals surface area contributed by atoms with E-state index in [9.17, 15) is 0 Å². The van der Waals surface area contributed by atoms with Crippen LogP contribution in [0.5, 0.6) is 5.75 Å². The van der Waals surface area contributed by atoms with E-state index >= 15 is 0 Å².